The normalized spacial score (nSPS) is 42.0. The van der Waals surface area contributed by atoms with Crippen molar-refractivity contribution in [1.82, 2.24) is 0 Å². The van der Waals surface area contributed by atoms with Gasteiger partial charge in [-0.3, -0.25) is 0 Å². The number of alkyl halides is 1. The lowest BCUT2D eigenvalue weighted by molar-refractivity contribution is 0.128. The van der Waals surface area contributed by atoms with E-state index in [4.69, 9.17) is 4.74 Å². The highest BCUT2D eigenvalue weighted by molar-refractivity contribution is 14.1. The van der Waals surface area contributed by atoms with E-state index in [1.165, 1.54) is 6.42 Å². The molecule has 42 valence electrons. The number of ether oxygens (including phenoxy) is 1. The molecule has 1 fully saturated rings. The molecule has 1 saturated heterocycles. The average Bonchev–Trinajstić information content (AvgIpc) is 1.91. The highest BCUT2D eigenvalue weighted by Gasteiger charge is 2.19. The van der Waals surface area contributed by atoms with E-state index in [1.54, 1.807) is 0 Å². The first-order valence-corrected chi connectivity index (χ1v) is 3.81. The van der Waals surface area contributed by atoms with E-state index < -0.39 is 0 Å². The molecule has 0 radical (unpaired) electrons. The van der Waals surface area contributed by atoms with Crippen LogP contribution in [0.2, 0.25) is 0 Å². The fraction of sp³-hybridized carbons (Fsp3) is 1.00. The molecule has 2 atom stereocenters. The maximum Gasteiger partial charge on any atom is 0.0665 e. The number of hydrogen-bond donors (Lipinski definition) is 0. The maximum absolute atomic E-state index is 5.26. The summed E-state index contributed by atoms with van der Waals surface area (Å²) < 4.78 is 6.02. The van der Waals surface area contributed by atoms with Crippen molar-refractivity contribution in [3.05, 3.63) is 0 Å². The Labute approximate surface area is 57.6 Å². The summed E-state index contributed by atoms with van der Waals surface area (Å²) in [4.78, 5) is 0. The van der Waals surface area contributed by atoms with E-state index in [0.29, 0.717) is 6.10 Å². The van der Waals surface area contributed by atoms with Crippen molar-refractivity contribution >= 4 is 22.6 Å². The first-order valence-electron chi connectivity index (χ1n) is 2.56. The standard InChI is InChI=1S/C5H9IO/c1-4-5(6)2-3-7-4/h4-5H,2-3H2,1H3/t4-,5-/m0/s1. The fourth-order valence-electron chi connectivity index (χ4n) is 0.706. The second-order valence-corrected chi connectivity index (χ2v) is 3.48. The van der Waals surface area contributed by atoms with Gasteiger partial charge in [0, 0.05) is 10.5 Å². The van der Waals surface area contributed by atoms with Crippen LogP contribution < -0.4 is 0 Å². The fourth-order valence-corrected chi connectivity index (χ4v) is 1.17. The Morgan fingerprint density at radius 3 is 2.57 bits per heavy atom. The minimum atomic E-state index is 0.501. The van der Waals surface area contributed by atoms with Gasteiger partial charge in [-0.05, 0) is 13.3 Å². The van der Waals surface area contributed by atoms with E-state index in [1.807, 2.05) is 0 Å². The third-order valence-corrected chi connectivity index (χ3v) is 2.92. The molecule has 0 bridgehead atoms. The van der Waals surface area contributed by atoms with Crippen LogP contribution in [0, 0.1) is 0 Å². The molecule has 1 heterocycles. The summed E-state index contributed by atoms with van der Waals surface area (Å²) in [6, 6.07) is 0. The molecule has 1 nitrogen and oxygen atoms in total. The third kappa shape index (κ3) is 1.29. The van der Waals surface area contributed by atoms with Crippen molar-refractivity contribution in [1.29, 1.82) is 0 Å². The largest absolute Gasteiger partial charge is 0.377 e. The van der Waals surface area contributed by atoms with Crippen molar-refractivity contribution in [3.63, 3.8) is 0 Å². The quantitative estimate of drug-likeness (QED) is 0.437. The Morgan fingerprint density at radius 2 is 2.43 bits per heavy atom. The topological polar surface area (TPSA) is 9.23 Å². The van der Waals surface area contributed by atoms with Crippen LogP contribution in [0.3, 0.4) is 0 Å². The molecule has 0 spiro atoms. The van der Waals surface area contributed by atoms with Crippen LogP contribution in [0.5, 0.6) is 0 Å². The van der Waals surface area contributed by atoms with Crippen LogP contribution in [-0.2, 0) is 4.74 Å². The van der Waals surface area contributed by atoms with Gasteiger partial charge in [0.15, 0.2) is 0 Å². The SMILES string of the molecule is C[C@@H]1OCC[C@@H]1I. The van der Waals surface area contributed by atoms with E-state index in [-0.39, 0.29) is 0 Å². The Morgan fingerprint density at radius 1 is 1.71 bits per heavy atom. The predicted octanol–water partition coefficient (Wildman–Crippen LogP) is 1.60. The molecule has 0 aliphatic carbocycles. The summed E-state index contributed by atoms with van der Waals surface area (Å²) in [5, 5.41) is 0. The Balaban J connectivity index is 2.33. The second-order valence-electron chi connectivity index (χ2n) is 1.88. The first kappa shape index (κ1) is 5.82. The molecule has 0 aromatic heterocycles. The molecule has 0 saturated carbocycles. The lowest BCUT2D eigenvalue weighted by Crippen LogP contribution is -2.08. The number of hydrogen-bond acceptors (Lipinski definition) is 1. The molecule has 0 amide bonds. The maximum atomic E-state index is 5.26. The van der Waals surface area contributed by atoms with Crippen LogP contribution in [0.25, 0.3) is 0 Å². The van der Waals surface area contributed by atoms with Crippen molar-refractivity contribution in [2.24, 2.45) is 0 Å². The molecular weight excluding hydrogens is 203 g/mol. The molecule has 0 N–H and O–H groups in total. The van der Waals surface area contributed by atoms with Gasteiger partial charge in [0.2, 0.25) is 0 Å². The van der Waals surface area contributed by atoms with E-state index in [2.05, 4.69) is 29.5 Å². The van der Waals surface area contributed by atoms with Gasteiger partial charge in [-0.25, -0.2) is 0 Å². The van der Waals surface area contributed by atoms with E-state index >= 15 is 0 Å². The van der Waals surface area contributed by atoms with Gasteiger partial charge >= 0.3 is 0 Å². The van der Waals surface area contributed by atoms with Crippen LogP contribution in [-0.4, -0.2) is 16.6 Å². The number of halogens is 1. The van der Waals surface area contributed by atoms with Crippen molar-refractivity contribution in [2.45, 2.75) is 23.4 Å². The molecule has 1 aliphatic rings. The molecule has 0 aromatic carbocycles. The van der Waals surface area contributed by atoms with Gasteiger partial charge in [0.25, 0.3) is 0 Å². The predicted molar refractivity (Wildman–Crippen MR) is 37.8 cm³/mol. The zero-order chi connectivity index (χ0) is 5.28. The molecule has 7 heavy (non-hydrogen) atoms. The summed E-state index contributed by atoms with van der Waals surface area (Å²) in [7, 11) is 0. The molecule has 0 unspecified atom stereocenters. The summed E-state index contributed by atoms with van der Waals surface area (Å²) >= 11 is 2.43. The van der Waals surface area contributed by atoms with Gasteiger partial charge in [0.1, 0.15) is 0 Å². The molecular formula is C5H9IO. The van der Waals surface area contributed by atoms with Crippen LogP contribution >= 0.6 is 22.6 Å². The van der Waals surface area contributed by atoms with Crippen LogP contribution in [0.1, 0.15) is 13.3 Å². The van der Waals surface area contributed by atoms with Gasteiger partial charge in [-0.1, -0.05) is 22.6 Å². The summed E-state index contributed by atoms with van der Waals surface area (Å²) in [5.74, 6) is 0. The summed E-state index contributed by atoms with van der Waals surface area (Å²) in [6.45, 7) is 3.10. The second kappa shape index (κ2) is 2.31. The first-order chi connectivity index (χ1) is 3.30. The molecule has 1 rings (SSSR count). The van der Waals surface area contributed by atoms with Gasteiger partial charge in [-0.15, -0.1) is 0 Å². The zero-order valence-corrected chi connectivity index (χ0v) is 6.51. The highest BCUT2D eigenvalue weighted by atomic mass is 127. The van der Waals surface area contributed by atoms with Gasteiger partial charge < -0.3 is 4.74 Å². The Kier molecular flexibility index (Phi) is 1.92. The monoisotopic (exact) mass is 212 g/mol. The van der Waals surface area contributed by atoms with Crippen LogP contribution in [0.15, 0.2) is 0 Å². The Hall–Kier alpha value is 0.690. The Bertz CT molecular complexity index is 57.1. The zero-order valence-electron chi connectivity index (χ0n) is 4.36. The smallest absolute Gasteiger partial charge is 0.0665 e. The van der Waals surface area contributed by atoms with E-state index in [0.717, 1.165) is 10.5 Å². The van der Waals surface area contributed by atoms with Gasteiger partial charge in [0.05, 0.1) is 6.10 Å². The van der Waals surface area contributed by atoms with E-state index in [9.17, 15) is 0 Å². The lowest BCUT2D eigenvalue weighted by atomic mass is 10.3. The number of rotatable bonds is 0. The van der Waals surface area contributed by atoms with Crippen molar-refractivity contribution in [2.75, 3.05) is 6.61 Å². The summed E-state index contributed by atoms with van der Waals surface area (Å²) in [5.41, 5.74) is 0. The minimum absolute atomic E-state index is 0.501. The lowest BCUT2D eigenvalue weighted by Gasteiger charge is -2.02. The van der Waals surface area contributed by atoms with Crippen molar-refractivity contribution in [3.8, 4) is 0 Å². The molecule has 1 aliphatic heterocycles. The molecule has 2 heteroatoms. The average molecular weight is 212 g/mol. The van der Waals surface area contributed by atoms with Crippen LogP contribution in [0.4, 0.5) is 0 Å². The minimum Gasteiger partial charge on any atom is -0.377 e. The van der Waals surface area contributed by atoms with Crippen molar-refractivity contribution < 1.29 is 4.74 Å². The van der Waals surface area contributed by atoms with Gasteiger partial charge in [-0.2, -0.15) is 0 Å². The summed E-state index contributed by atoms with van der Waals surface area (Å²) in [6.07, 6.45) is 1.74. The molecule has 0 aromatic rings. The third-order valence-electron chi connectivity index (χ3n) is 1.28. The highest BCUT2D eigenvalue weighted by Crippen LogP contribution is 2.20.